The zero-order chi connectivity index (χ0) is 29.4. The highest BCUT2D eigenvalue weighted by Crippen LogP contribution is 2.41. The molecule has 2 aromatic heterocycles. The van der Waals surface area contributed by atoms with Gasteiger partial charge in [0.2, 0.25) is 5.91 Å². The fourth-order valence-corrected chi connectivity index (χ4v) is 5.71. The maximum atomic E-state index is 14.7. The van der Waals surface area contributed by atoms with Crippen molar-refractivity contribution < 1.29 is 31.7 Å². The summed E-state index contributed by atoms with van der Waals surface area (Å²) < 4.78 is 62.1. The molecule has 12 heteroatoms. The van der Waals surface area contributed by atoms with Gasteiger partial charge in [-0.3, -0.25) is 19.5 Å². The monoisotopic (exact) mass is 573 g/mol. The van der Waals surface area contributed by atoms with Gasteiger partial charge in [0.15, 0.2) is 11.5 Å². The van der Waals surface area contributed by atoms with Crippen molar-refractivity contribution in [1.82, 2.24) is 25.7 Å². The van der Waals surface area contributed by atoms with Crippen molar-refractivity contribution in [3.8, 4) is 11.3 Å². The third kappa shape index (κ3) is 6.12. The van der Waals surface area contributed by atoms with Crippen molar-refractivity contribution in [2.75, 3.05) is 13.1 Å². The summed E-state index contributed by atoms with van der Waals surface area (Å²) >= 11 is 0. The van der Waals surface area contributed by atoms with Crippen LogP contribution in [0.3, 0.4) is 0 Å². The number of carbonyl (C=O) groups excluding carboxylic acids is 2. The standard InChI is InChI=1S/C29H31F4N5O3/c1-27(2,23-7-4-6-12-34-23)35-25(39)15-28(16-38(17-28)24-8-3-5-11-29(24,32)33)36-26(40)21-14-22(41-37-21)19-10-9-18(30)13-20(19)31/h4,6-7,9-10,12-14,24H,3,5,8,11,15-17H2,1-2H3,(H,35,39)(H,36,40). The largest absolute Gasteiger partial charge is 0.355 e. The van der Waals surface area contributed by atoms with Crippen LogP contribution in [-0.4, -0.2) is 57.4 Å². The number of nitrogens with one attached hydrogen (secondary N) is 2. The molecule has 2 fully saturated rings. The van der Waals surface area contributed by atoms with E-state index in [9.17, 15) is 27.2 Å². The Balaban J connectivity index is 1.34. The van der Waals surface area contributed by atoms with E-state index in [-0.39, 0.29) is 42.9 Å². The van der Waals surface area contributed by atoms with Gasteiger partial charge >= 0.3 is 0 Å². The Kier molecular flexibility index (Phi) is 7.62. The van der Waals surface area contributed by atoms with Crippen LogP contribution in [0.2, 0.25) is 0 Å². The third-order valence-corrected chi connectivity index (χ3v) is 7.75. The molecule has 1 aliphatic carbocycles. The van der Waals surface area contributed by atoms with E-state index < -0.39 is 46.5 Å². The second-order valence-electron chi connectivity index (χ2n) is 11.4. The summed E-state index contributed by atoms with van der Waals surface area (Å²) in [5.74, 6) is -5.72. The van der Waals surface area contributed by atoms with Gasteiger partial charge in [0.05, 0.1) is 34.8 Å². The molecule has 2 N–H and O–H groups in total. The lowest BCUT2D eigenvalue weighted by Gasteiger charge is -2.55. The first-order valence-electron chi connectivity index (χ1n) is 13.5. The first-order chi connectivity index (χ1) is 19.4. The Bertz CT molecular complexity index is 1420. The molecule has 1 atom stereocenters. The van der Waals surface area contributed by atoms with Crippen molar-refractivity contribution in [3.05, 3.63) is 71.7 Å². The van der Waals surface area contributed by atoms with Crippen molar-refractivity contribution in [1.29, 1.82) is 0 Å². The molecule has 0 bridgehead atoms. The number of rotatable bonds is 8. The predicted octanol–water partition coefficient (Wildman–Crippen LogP) is 4.82. The lowest BCUT2D eigenvalue weighted by molar-refractivity contribution is -0.145. The molecule has 1 unspecified atom stereocenters. The van der Waals surface area contributed by atoms with Crippen LogP contribution in [0.25, 0.3) is 11.3 Å². The molecule has 1 aromatic carbocycles. The van der Waals surface area contributed by atoms with E-state index in [0.29, 0.717) is 31.0 Å². The van der Waals surface area contributed by atoms with E-state index >= 15 is 0 Å². The number of amides is 2. The first-order valence-corrected chi connectivity index (χ1v) is 13.5. The van der Waals surface area contributed by atoms with Crippen LogP contribution in [0.1, 0.15) is 62.1 Å². The molecule has 0 spiro atoms. The lowest BCUT2D eigenvalue weighted by atomic mass is 9.80. The molecule has 1 aliphatic heterocycles. The van der Waals surface area contributed by atoms with Gasteiger partial charge in [0.25, 0.3) is 11.8 Å². The molecule has 8 nitrogen and oxygen atoms in total. The molecule has 3 aromatic rings. The number of hydrogen-bond acceptors (Lipinski definition) is 6. The number of likely N-dealkylation sites (tertiary alicyclic amines) is 1. The van der Waals surface area contributed by atoms with Crippen LogP contribution in [0, 0.1) is 11.6 Å². The number of hydrogen-bond donors (Lipinski definition) is 2. The summed E-state index contributed by atoms with van der Waals surface area (Å²) in [7, 11) is 0. The van der Waals surface area contributed by atoms with Crippen LogP contribution in [-0.2, 0) is 10.3 Å². The van der Waals surface area contributed by atoms with Gasteiger partial charge in [-0.05, 0) is 51.0 Å². The third-order valence-electron chi connectivity index (χ3n) is 7.75. The van der Waals surface area contributed by atoms with Crippen molar-refractivity contribution in [3.63, 3.8) is 0 Å². The van der Waals surface area contributed by atoms with E-state index in [2.05, 4.69) is 20.8 Å². The number of nitrogens with zero attached hydrogens (tertiary/aromatic N) is 3. The van der Waals surface area contributed by atoms with Crippen LogP contribution in [0.4, 0.5) is 17.6 Å². The number of halogens is 4. The van der Waals surface area contributed by atoms with Crippen molar-refractivity contribution in [2.24, 2.45) is 0 Å². The highest BCUT2D eigenvalue weighted by Gasteiger charge is 2.54. The number of carbonyl (C=O) groups is 2. The average Bonchev–Trinajstić information content (AvgIpc) is 3.37. The molecule has 1 saturated heterocycles. The highest BCUT2D eigenvalue weighted by molar-refractivity contribution is 5.94. The molecule has 3 heterocycles. The Morgan fingerprint density at radius 3 is 2.59 bits per heavy atom. The predicted molar refractivity (Wildman–Crippen MR) is 141 cm³/mol. The quantitative estimate of drug-likeness (QED) is 0.375. The average molecular weight is 574 g/mol. The van der Waals surface area contributed by atoms with Gasteiger partial charge in [-0.2, -0.15) is 0 Å². The number of aromatic nitrogens is 2. The van der Waals surface area contributed by atoms with Gasteiger partial charge in [0, 0.05) is 37.8 Å². The molecule has 5 rings (SSSR count). The summed E-state index contributed by atoms with van der Waals surface area (Å²) in [6.45, 7) is 3.65. The van der Waals surface area contributed by atoms with E-state index in [4.69, 9.17) is 4.52 Å². The number of benzene rings is 1. The summed E-state index contributed by atoms with van der Waals surface area (Å²) in [6, 6.07) is 8.46. The Morgan fingerprint density at radius 2 is 1.90 bits per heavy atom. The minimum absolute atomic E-state index is 0.0354. The second kappa shape index (κ2) is 10.9. The minimum Gasteiger partial charge on any atom is -0.355 e. The van der Waals surface area contributed by atoms with Crippen molar-refractivity contribution in [2.45, 2.75) is 69.0 Å². The molecule has 41 heavy (non-hydrogen) atoms. The van der Waals surface area contributed by atoms with E-state index in [0.717, 1.165) is 12.1 Å². The summed E-state index contributed by atoms with van der Waals surface area (Å²) in [5, 5.41) is 9.46. The van der Waals surface area contributed by atoms with Gasteiger partial charge in [-0.25, -0.2) is 17.6 Å². The summed E-state index contributed by atoms with van der Waals surface area (Å²) in [5.41, 5.74) is -1.64. The molecule has 218 valence electrons. The number of pyridine rings is 1. The van der Waals surface area contributed by atoms with Gasteiger partial charge in [-0.1, -0.05) is 17.6 Å². The highest BCUT2D eigenvalue weighted by atomic mass is 19.3. The van der Waals surface area contributed by atoms with E-state index in [1.165, 1.54) is 6.07 Å². The van der Waals surface area contributed by atoms with Crippen LogP contribution < -0.4 is 10.6 Å². The molecular weight excluding hydrogens is 542 g/mol. The van der Waals surface area contributed by atoms with E-state index in [1.807, 2.05) is 0 Å². The van der Waals surface area contributed by atoms with Crippen molar-refractivity contribution >= 4 is 11.8 Å². The van der Waals surface area contributed by atoms with Gasteiger partial charge < -0.3 is 15.2 Å². The molecule has 2 amide bonds. The second-order valence-corrected chi connectivity index (χ2v) is 11.4. The zero-order valence-electron chi connectivity index (χ0n) is 22.7. The molecule has 0 radical (unpaired) electrons. The smallest absolute Gasteiger partial charge is 0.274 e. The maximum Gasteiger partial charge on any atom is 0.274 e. The van der Waals surface area contributed by atoms with Gasteiger partial charge in [0.1, 0.15) is 11.6 Å². The summed E-state index contributed by atoms with van der Waals surface area (Å²) in [6.07, 6.45) is 2.69. The summed E-state index contributed by atoms with van der Waals surface area (Å²) in [4.78, 5) is 32.4. The minimum atomic E-state index is -2.86. The first kappa shape index (κ1) is 28.7. The maximum absolute atomic E-state index is 14.7. The SMILES string of the molecule is CC(C)(NC(=O)CC1(NC(=O)c2cc(-c3ccc(F)cc3F)on2)CN(C2CCCCC2(F)F)C1)c1ccccn1. The molecular formula is C29H31F4N5O3. The lowest BCUT2D eigenvalue weighted by Crippen LogP contribution is -2.75. The number of alkyl halides is 2. The van der Waals surface area contributed by atoms with Gasteiger partial charge in [-0.15, -0.1) is 0 Å². The van der Waals surface area contributed by atoms with Crippen LogP contribution in [0.15, 0.2) is 53.2 Å². The fraction of sp³-hybridized carbons (Fsp3) is 0.448. The fourth-order valence-electron chi connectivity index (χ4n) is 5.71. The Morgan fingerprint density at radius 1 is 1.12 bits per heavy atom. The zero-order valence-corrected chi connectivity index (χ0v) is 22.7. The molecule has 2 aliphatic rings. The van der Waals surface area contributed by atoms with E-state index in [1.54, 1.807) is 43.1 Å². The van der Waals surface area contributed by atoms with Crippen LogP contribution >= 0.6 is 0 Å². The molecule has 1 saturated carbocycles. The Hall–Kier alpha value is -3.80. The van der Waals surface area contributed by atoms with Crippen LogP contribution in [0.5, 0.6) is 0 Å². The topological polar surface area (TPSA) is 100 Å². The normalized spacial score (nSPS) is 20.2. The Labute approximate surface area is 234 Å².